The summed E-state index contributed by atoms with van der Waals surface area (Å²) in [6.45, 7) is 2.12. The van der Waals surface area contributed by atoms with E-state index >= 15 is 0 Å². The van der Waals surface area contributed by atoms with Gasteiger partial charge in [-0.15, -0.1) is 0 Å². The van der Waals surface area contributed by atoms with Gasteiger partial charge in [-0.25, -0.2) is 0 Å². The maximum atomic E-state index is 6.21. The molecule has 0 spiro atoms. The molecule has 0 saturated carbocycles. The average molecular weight is 485 g/mol. The van der Waals surface area contributed by atoms with Crippen LogP contribution in [-0.4, -0.2) is 0 Å². The molecule has 38 heavy (non-hydrogen) atoms. The van der Waals surface area contributed by atoms with E-state index in [2.05, 4.69) is 134 Å². The second-order valence-corrected chi connectivity index (χ2v) is 10.2. The Kier molecular flexibility index (Phi) is 4.50. The fraction of sp³-hybridized carbons (Fsp3) is 0.0270. The lowest BCUT2D eigenvalue weighted by Crippen LogP contribution is -1.85. The predicted molar refractivity (Wildman–Crippen MR) is 162 cm³/mol. The number of hydrogen-bond acceptors (Lipinski definition) is 1. The minimum absolute atomic E-state index is 0.928. The highest BCUT2D eigenvalue weighted by Crippen LogP contribution is 2.38. The normalized spacial score (nSPS) is 11.8. The van der Waals surface area contributed by atoms with Crippen molar-refractivity contribution < 1.29 is 4.42 Å². The fourth-order valence-electron chi connectivity index (χ4n) is 6.04. The Labute approximate surface area is 220 Å². The largest absolute Gasteiger partial charge is 0.456 e. The lowest BCUT2D eigenvalue weighted by Gasteiger charge is -2.12. The number of hydrogen-bond donors (Lipinski definition) is 0. The summed E-state index contributed by atoms with van der Waals surface area (Å²) in [4.78, 5) is 0. The lowest BCUT2D eigenvalue weighted by atomic mass is 9.91. The van der Waals surface area contributed by atoms with E-state index in [-0.39, 0.29) is 0 Å². The molecule has 7 aromatic carbocycles. The van der Waals surface area contributed by atoms with Crippen LogP contribution in [-0.2, 0) is 0 Å². The molecule has 1 heteroatoms. The number of benzene rings is 7. The van der Waals surface area contributed by atoms with Crippen LogP contribution in [0.25, 0.3) is 76.5 Å². The van der Waals surface area contributed by atoms with Crippen molar-refractivity contribution >= 4 is 54.3 Å². The maximum absolute atomic E-state index is 6.21. The van der Waals surface area contributed by atoms with Gasteiger partial charge in [-0.1, -0.05) is 96.6 Å². The fourth-order valence-corrected chi connectivity index (χ4v) is 6.04. The van der Waals surface area contributed by atoms with Gasteiger partial charge in [0.25, 0.3) is 0 Å². The van der Waals surface area contributed by atoms with Gasteiger partial charge >= 0.3 is 0 Å². The first kappa shape index (κ1) is 21.2. The predicted octanol–water partition coefficient (Wildman–Crippen LogP) is 10.7. The maximum Gasteiger partial charge on any atom is 0.136 e. The highest BCUT2D eigenvalue weighted by Gasteiger charge is 2.12. The van der Waals surface area contributed by atoms with Crippen molar-refractivity contribution in [1.29, 1.82) is 0 Å². The van der Waals surface area contributed by atoms with Gasteiger partial charge in [-0.3, -0.25) is 0 Å². The van der Waals surface area contributed by atoms with Crippen molar-refractivity contribution in [3.8, 4) is 22.3 Å². The van der Waals surface area contributed by atoms with Crippen molar-refractivity contribution in [2.45, 2.75) is 6.92 Å². The average Bonchev–Trinajstić information content (AvgIpc) is 3.34. The monoisotopic (exact) mass is 484 g/mol. The third kappa shape index (κ3) is 3.19. The number of rotatable bonds is 2. The van der Waals surface area contributed by atoms with Gasteiger partial charge in [0, 0.05) is 10.8 Å². The van der Waals surface area contributed by atoms with Crippen LogP contribution in [0.1, 0.15) is 5.56 Å². The Balaban J connectivity index is 1.28. The van der Waals surface area contributed by atoms with Gasteiger partial charge in [-0.2, -0.15) is 0 Å². The van der Waals surface area contributed by atoms with Crippen LogP contribution >= 0.6 is 0 Å². The van der Waals surface area contributed by atoms with E-state index in [1.165, 1.54) is 60.0 Å². The van der Waals surface area contributed by atoms with Crippen molar-refractivity contribution in [1.82, 2.24) is 0 Å². The molecular formula is C37H24O. The molecule has 1 aromatic heterocycles. The summed E-state index contributed by atoms with van der Waals surface area (Å²) in [5.41, 5.74) is 7.89. The van der Waals surface area contributed by atoms with E-state index in [0.717, 1.165) is 22.1 Å². The molecule has 0 unspecified atom stereocenters. The molecule has 1 heterocycles. The number of furan rings is 1. The van der Waals surface area contributed by atoms with Crippen LogP contribution in [0.15, 0.2) is 132 Å². The van der Waals surface area contributed by atoms with E-state index in [4.69, 9.17) is 4.42 Å². The van der Waals surface area contributed by atoms with Crippen LogP contribution in [0, 0.1) is 6.92 Å². The summed E-state index contributed by atoms with van der Waals surface area (Å²) >= 11 is 0. The van der Waals surface area contributed by atoms with Crippen LogP contribution in [0.5, 0.6) is 0 Å². The van der Waals surface area contributed by atoms with Crippen molar-refractivity contribution in [2.24, 2.45) is 0 Å². The van der Waals surface area contributed by atoms with Crippen LogP contribution < -0.4 is 0 Å². The standard InChI is InChI=1S/C37H24O/c1-23-13-18-36-35(19-23)33-17-15-27(22-37(33)38-36)25-8-6-7-24(20-25)26-14-16-32-30-11-3-2-9-28(30)29-10-4-5-12-31(29)34(32)21-26/h2-22H,1H3. The van der Waals surface area contributed by atoms with Crippen LogP contribution in [0.2, 0.25) is 0 Å². The smallest absolute Gasteiger partial charge is 0.136 e. The topological polar surface area (TPSA) is 13.1 Å². The van der Waals surface area contributed by atoms with Gasteiger partial charge in [0.05, 0.1) is 0 Å². The first-order valence-corrected chi connectivity index (χ1v) is 13.1. The zero-order chi connectivity index (χ0) is 25.2. The van der Waals surface area contributed by atoms with E-state index in [0.29, 0.717) is 0 Å². The lowest BCUT2D eigenvalue weighted by molar-refractivity contribution is 0.669. The number of aryl methyl sites for hydroxylation is 1. The van der Waals surface area contributed by atoms with Crippen molar-refractivity contribution in [2.75, 3.05) is 0 Å². The molecule has 0 radical (unpaired) electrons. The summed E-state index contributed by atoms with van der Waals surface area (Å²) in [5.74, 6) is 0. The molecule has 0 aliphatic carbocycles. The SMILES string of the molecule is Cc1ccc2oc3cc(-c4cccc(-c5ccc6c7ccccc7c7ccccc7c6c5)c4)ccc3c2c1. The van der Waals surface area contributed by atoms with E-state index < -0.39 is 0 Å². The third-order valence-corrected chi connectivity index (χ3v) is 7.90. The molecule has 0 aliphatic rings. The second kappa shape index (κ2) is 8.06. The Morgan fingerprint density at radius 3 is 1.58 bits per heavy atom. The van der Waals surface area contributed by atoms with Gasteiger partial charge in [-0.05, 0) is 97.9 Å². The summed E-state index contributed by atoms with van der Waals surface area (Å²) in [5, 5.41) is 10.1. The molecule has 178 valence electrons. The van der Waals surface area contributed by atoms with Crippen molar-refractivity contribution in [3.63, 3.8) is 0 Å². The van der Waals surface area contributed by atoms with E-state index in [9.17, 15) is 0 Å². The minimum Gasteiger partial charge on any atom is -0.456 e. The Bertz CT molecular complexity index is 2160. The highest BCUT2D eigenvalue weighted by atomic mass is 16.3. The Hall–Kier alpha value is -4.88. The molecule has 0 N–H and O–H groups in total. The van der Waals surface area contributed by atoms with Gasteiger partial charge in [0.1, 0.15) is 11.2 Å². The molecule has 0 saturated heterocycles. The van der Waals surface area contributed by atoms with Crippen molar-refractivity contribution in [3.05, 3.63) is 133 Å². The molecule has 0 bridgehead atoms. The number of fused-ring (bicyclic) bond motifs is 9. The van der Waals surface area contributed by atoms with E-state index in [1.54, 1.807) is 0 Å². The zero-order valence-corrected chi connectivity index (χ0v) is 21.0. The molecule has 8 rings (SSSR count). The summed E-state index contributed by atoms with van der Waals surface area (Å²) in [6, 6.07) is 46.1. The molecular weight excluding hydrogens is 460 g/mol. The summed E-state index contributed by atoms with van der Waals surface area (Å²) in [6.07, 6.45) is 0. The van der Waals surface area contributed by atoms with Gasteiger partial charge in [0.15, 0.2) is 0 Å². The Morgan fingerprint density at radius 1 is 0.342 bits per heavy atom. The minimum atomic E-state index is 0.928. The van der Waals surface area contributed by atoms with Gasteiger partial charge < -0.3 is 4.42 Å². The highest BCUT2D eigenvalue weighted by molar-refractivity contribution is 6.25. The van der Waals surface area contributed by atoms with Crippen LogP contribution in [0.3, 0.4) is 0 Å². The molecule has 1 nitrogen and oxygen atoms in total. The third-order valence-electron chi connectivity index (χ3n) is 7.90. The molecule has 0 amide bonds. The molecule has 8 aromatic rings. The molecule has 0 aliphatic heterocycles. The zero-order valence-electron chi connectivity index (χ0n) is 21.0. The molecule has 0 fully saturated rings. The Morgan fingerprint density at radius 2 is 0.895 bits per heavy atom. The quantitative estimate of drug-likeness (QED) is 0.222. The summed E-state index contributed by atoms with van der Waals surface area (Å²) < 4.78 is 6.21. The van der Waals surface area contributed by atoms with Gasteiger partial charge in [0.2, 0.25) is 0 Å². The summed E-state index contributed by atoms with van der Waals surface area (Å²) in [7, 11) is 0. The molecule has 0 atom stereocenters. The van der Waals surface area contributed by atoms with E-state index in [1.807, 2.05) is 0 Å². The first-order valence-electron chi connectivity index (χ1n) is 13.1. The van der Waals surface area contributed by atoms with Crippen LogP contribution in [0.4, 0.5) is 0 Å². The second-order valence-electron chi connectivity index (χ2n) is 10.2. The first-order chi connectivity index (χ1) is 18.7.